The molecule has 0 saturated heterocycles. The van der Waals surface area contributed by atoms with Crippen LogP contribution in [0.1, 0.15) is 30.2 Å². The largest absolute Gasteiger partial charge is 0.356 e. The third-order valence-corrected chi connectivity index (χ3v) is 1.30. The quantitative estimate of drug-likeness (QED) is 0.812. The summed E-state index contributed by atoms with van der Waals surface area (Å²) < 4.78 is 89.4. The zero-order valence-corrected chi connectivity index (χ0v) is 7.31. The van der Waals surface area contributed by atoms with Gasteiger partial charge in [-0.3, -0.25) is 4.98 Å². The zero-order chi connectivity index (χ0) is 19.3. The lowest BCUT2D eigenvalue weighted by Crippen LogP contribution is -2.23. The predicted molar refractivity (Wildman–Crippen MR) is 53.3 cm³/mol. The Morgan fingerprint density at radius 3 is 3.08 bits per heavy atom. The molecule has 0 bridgehead atoms. The minimum atomic E-state index is -3.53. The van der Waals surface area contributed by atoms with Gasteiger partial charge in [-0.25, -0.2) is 4.98 Å². The lowest BCUT2D eigenvalue weighted by Gasteiger charge is -2.18. The first kappa shape index (κ1) is 2.23. The smallest absolute Gasteiger partial charge is 0.148 e. The van der Waals surface area contributed by atoms with Gasteiger partial charge in [0.05, 0.1) is 15.1 Å². The molecule has 0 fully saturated rings. The zero-order valence-electron chi connectivity index (χ0n) is 17.7. The van der Waals surface area contributed by atoms with Gasteiger partial charge in [0, 0.05) is 26.7 Å². The SMILES string of the molecule is [2H]c1nc([2H])c(N(C([2H])([2H])C([2H])([2H])[2H])C([2H])([2H])C([2H])([2H])[2H])nc1Br. The summed E-state index contributed by atoms with van der Waals surface area (Å²) in [5.41, 5.74) is 0. The average Bonchev–Trinajstić information content (AvgIpc) is 2.32. The molecular weight excluding hydrogens is 218 g/mol. The molecule has 0 unspecified atom stereocenters. The van der Waals surface area contributed by atoms with Crippen molar-refractivity contribution in [3.63, 3.8) is 0 Å². The number of rotatable bonds is 3. The van der Waals surface area contributed by atoms with Crippen LogP contribution in [0.4, 0.5) is 5.82 Å². The molecule has 0 spiro atoms. The van der Waals surface area contributed by atoms with Gasteiger partial charge in [0.15, 0.2) is 0 Å². The van der Waals surface area contributed by atoms with Crippen LogP contribution in [0.25, 0.3) is 0 Å². The van der Waals surface area contributed by atoms with Gasteiger partial charge < -0.3 is 4.90 Å². The van der Waals surface area contributed by atoms with Crippen LogP contribution in [0.2, 0.25) is 0 Å². The van der Waals surface area contributed by atoms with Gasteiger partial charge in [0.1, 0.15) is 10.4 Å². The Balaban J connectivity index is 3.79. The molecule has 0 atom stereocenters. The van der Waals surface area contributed by atoms with Gasteiger partial charge >= 0.3 is 0 Å². The van der Waals surface area contributed by atoms with Crippen molar-refractivity contribution in [2.24, 2.45) is 0 Å². The lowest BCUT2D eigenvalue weighted by molar-refractivity contribution is 0.837. The molecule has 12 heavy (non-hydrogen) atoms. The summed E-state index contributed by atoms with van der Waals surface area (Å²) in [4.78, 5) is 6.69. The standard InChI is InChI=1S/C8H12BrN3/c1-3-12(4-2)8-6-10-5-7(9)11-8/h5-6H,3-4H2,1-2H3/i1D3,2D3,3D2,4D2,5D,6D. The van der Waals surface area contributed by atoms with Crippen molar-refractivity contribution in [3.8, 4) is 0 Å². The Labute approximate surface area is 97.8 Å². The molecule has 1 heterocycles. The van der Waals surface area contributed by atoms with Gasteiger partial charge in [-0.2, -0.15) is 0 Å². The van der Waals surface area contributed by atoms with E-state index in [0.29, 0.717) is 0 Å². The van der Waals surface area contributed by atoms with E-state index in [-0.39, 0.29) is 9.50 Å². The van der Waals surface area contributed by atoms with Crippen molar-refractivity contribution in [1.82, 2.24) is 9.97 Å². The third kappa shape index (κ3) is 2.17. The van der Waals surface area contributed by atoms with E-state index in [2.05, 4.69) is 25.9 Å². The fourth-order valence-corrected chi connectivity index (χ4v) is 0.758. The van der Waals surface area contributed by atoms with E-state index >= 15 is 0 Å². The van der Waals surface area contributed by atoms with Crippen molar-refractivity contribution in [2.45, 2.75) is 13.7 Å². The minimum Gasteiger partial charge on any atom is -0.356 e. The van der Waals surface area contributed by atoms with Gasteiger partial charge in [0.25, 0.3) is 0 Å². The van der Waals surface area contributed by atoms with E-state index in [0.717, 1.165) is 0 Å². The van der Waals surface area contributed by atoms with Crippen molar-refractivity contribution in [1.29, 1.82) is 0 Å². The second-order valence-corrected chi connectivity index (χ2v) is 2.37. The number of hydrogen-bond acceptors (Lipinski definition) is 3. The maximum Gasteiger partial charge on any atom is 0.148 e. The molecule has 66 valence electrons. The van der Waals surface area contributed by atoms with E-state index in [4.69, 9.17) is 16.4 Å². The van der Waals surface area contributed by atoms with E-state index < -0.39 is 44.9 Å². The lowest BCUT2D eigenvalue weighted by atomic mass is 10.5. The first-order valence-electron chi connectivity index (χ1n) is 8.75. The molecule has 0 aromatic carbocycles. The highest BCUT2D eigenvalue weighted by molar-refractivity contribution is 9.10. The van der Waals surface area contributed by atoms with Crippen LogP contribution in [0.3, 0.4) is 0 Å². The van der Waals surface area contributed by atoms with Crippen LogP contribution in [-0.2, 0) is 0 Å². The molecule has 3 nitrogen and oxygen atoms in total. The second kappa shape index (κ2) is 4.40. The van der Waals surface area contributed by atoms with Crippen LogP contribution in [0, 0.1) is 0 Å². The summed E-state index contributed by atoms with van der Waals surface area (Å²) in [6, 6.07) is 0. The highest BCUT2D eigenvalue weighted by Gasteiger charge is 2.02. The van der Waals surface area contributed by atoms with Crippen molar-refractivity contribution < 1.29 is 16.4 Å². The fraction of sp³-hybridized carbons (Fsp3) is 0.500. The number of halogens is 1. The summed E-state index contributed by atoms with van der Waals surface area (Å²) in [5.74, 6) is -0.958. The van der Waals surface area contributed by atoms with Crippen LogP contribution < -0.4 is 4.90 Å². The molecule has 0 N–H and O–H groups in total. The molecule has 4 heteroatoms. The van der Waals surface area contributed by atoms with Gasteiger partial charge in [0.2, 0.25) is 0 Å². The molecule has 1 rings (SSSR count). The summed E-state index contributed by atoms with van der Waals surface area (Å²) in [6.45, 7) is -14.0. The Hall–Kier alpha value is -0.640. The molecule has 0 saturated carbocycles. The van der Waals surface area contributed by atoms with E-state index in [1.165, 1.54) is 0 Å². The predicted octanol–water partition coefficient (Wildman–Crippen LogP) is 2.09. The topological polar surface area (TPSA) is 29.0 Å². The number of aromatic nitrogens is 2. The molecule has 0 aliphatic carbocycles. The van der Waals surface area contributed by atoms with Crippen molar-refractivity contribution >= 4 is 21.7 Å². The van der Waals surface area contributed by atoms with Crippen LogP contribution in [-0.4, -0.2) is 23.0 Å². The fourth-order valence-electron chi connectivity index (χ4n) is 0.501. The average molecular weight is 242 g/mol. The minimum absolute atomic E-state index is 0.237. The number of hydrogen-bond donors (Lipinski definition) is 0. The van der Waals surface area contributed by atoms with E-state index in [1.54, 1.807) is 0 Å². The summed E-state index contributed by atoms with van der Waals surface area (Å²) >= 11 is 2.79. The van der Waals surface area contributed by atoms with Crippen LogP contribution in [0.5, 0.6) is 0 Å². The van der Waals surface area contributed by atoms with Gasteiger partial charge in [-0.1, -0.05) is 0 Å². The molecule has 1 aromatic heterocycles. The Kier molecular flexibility index (Phi) is 0.820. The molecule has 0 amide bonds. The third-order valence-electron chi connectivity index (χ3n) is 0.944. The molecular formula is C8H12BrN3. The maximum absolute atomic E-state index is 7.76. The normalized spacial score (nSPS) is 29.1. The first-order valence-corrected chi connectivity index (χ1v) is 3.55. The van der Waals surface area contributed by atoms with Crippen LogP contribution >= 0.6 is 15.9 Å². The van der Waals surface area contributed by atoms with Crippen molar-refractivity contribution in [2.75, 3.05) is 17.9 Å². The summed E-state index contributed by atoms with van der Waals surface area (Å²) in [7, 11) is 0. The number of nitrogens with zero attached hydrogens (tertiary/aromatic N) is 3. The monoisotopic (exact) mass is 241 g/mol. The molecule has 1 aromatic rings. The highest BCUT2D eigenvalue weighted by Crippen LogP contribution is 2.11. The van der Waals surface area contributed by atoms with Gasteiger partial charge in [-0.15, -0.1) is 0 Å². The number of anilines is 1. The molecule has 0 aliphatic heterocycles. The Bertz CT molecular complexity index is 598. The van der Waals surface area contributed by atoms with E-state index in [1.807, 2.05) is 0 Å². The van der Waals surface area contributed by atoms with Crippen molar-refractivity contribution in [3.05, 3.63) is 16.9 Å². The maximum atomic E-state index is 7.76. The highest BCUT2D eigenvalue weighted by atomic mass is 79.9. The second-order valence-electron chi connectivity index (χ2n) is 1.62. The Morgan fingerprint density at radius 2 is 2.42 bits per heavy atom. The Morgan fingerprint density at radius 1 is 1.67 bits per heavy atom. The van der Waals surface area contributed by atoms with Crippen LogP contribution in [0.15, 0.2) is 16.9 Å². The molecule has 0 radical (unpaired) electrons. The molecule has 0 aliphatic rings. The first-order chi connectivity index (χ1) is 10.4. The van der Waals surface area contributed by atoms with E-state index in [9.17, 15) is 0 Å². The summed E-state index contributed by atoms with van der Waals surface area (Å²) in [5, 5.41) is 0. The summed E-state index contributed by atoms with van der Waals surface area (Å²) in [6.07, 6.45) is -1.47. The van der Waals surface area contributed by atoms with Gasteiger partial charge in [-0.05, 0) is 29.6 Å².